The van der Waals surface area contributed by atoms with E-state index in [1.165, 1.54) is 28.5 Å². The smallest absolute Gasteiger partial charge is 0.324 e. The van der Waals surface area contributed by atoms with E-state index in [0.717, 1.165) is 45.4 Å². The van der Waals surface area contributed by atoms with Gasteiger partial charge >= 0.3 is 11.9 Å². The lowest BCUT2D eigenvalue weighted by Crippen LogP contribution is -2.62. The molecule has 0 aliphatic carbocycles. The van der Waals surface area contributed by atoms with Crippen molar-refractivity contribution in [1.82, 2.24) is 35.0 Å². The van der Waals surface area contributed by atoms with Crippen LogP contribution in [0.4, 0.5) is 0 Å². The van der Waals surface area contributed by atoms with Gasteiger partial charge in [0.25, 0.3) is 5.91 Å². The molecule has 19 heteroatoms. The van der Waals surface area contributed by atoms with Gasteiger partial charge in [0.05, 0.1) is 18.2 Å². The maximum Gasteiger partial charge on any atom is 0.324 e. The molecule has 3 aliphatic heterocycles. The number of cyclic esters (lactones) is 1. The molecule has 7 rings (SSSR count). The van der Waals surface area contributed by atoms with Crippen molar-refractivity contribution in [3.05, 3.63) is 90.0 Å². The largest absolute Gasteiger partial charge is 0.464 e. The van der Waals surface area contributed by atoms with E-state index in [1.807, 2.05) is 26.0 Å². The standard InChI is InChI=1S/C54H69N7O8.4H2S/c1-11-47(63)59-23-21-38(31-59)51(65)58(10)48(33(3)4)50(64)55-45-26-35-24-39(27-40(25-35)69-34(5)62)36-19-20-46-42(28-36)43(49(60(46)12-2)41-17-14-13-16-37(41)30-57(8)9)29-54(6,7)32-68-53(67)44-18-15-22-61(56-44)52(45)66;;;;/h11,13-14,16-17,19-20,24-25,27-28,33,38,44-45,48,56H,1,12,15,18,21-23,26,29-32H2,2-10H3,(H,55,64);4*1H2/t38-,44-,45-,48-;;;;/m0..../s1. The summed E-state index contributed by atoms with van der Waals surface area (Å²) in [6, 6.07) is 17.3. The van der Waals surface area contributed by atoms with Gasteiger partial charge in [-0.15, -0.1) is 0 Å². The van der Waals surface area contributed by atoms with Crippen LogP contribution in [-0.4, -0.2) is 125 Å². The minimum Gasteiger partial charge on any atom is -0.464 e. The molecule has 4 amide bonds. The molecule has 4 atom stereocenters. The molecule has 4 heterocycles. The summed E-state index contributed by atoms with van der Waals surface area (Å²) in [5.41, 5.74) is 10.4. The molecule has 0 saturated carbocycles. The number of nitrogens with one attached hydrogen (secondary N) is 2. The normalized spacial score (nSPS) is 19.0. The molecule has 400 valence electrons. The fraction of sp³-hybridized carbons (Fsp3) is 0.481. The molecule has 3 aromatic carbocycles. The Hall–Kier alpha value is -4.92. The van der Waals surface area contributed by atoms with Crippen molar-refractivity contribution >= 4 is 100 Å². The first-order valence-corrected chi connectivity index (χ1v) is 24.2. The molecule has 0 unspecified atom stereocenters. The number of nitrogens with zero attached hydrogens (tertiary/aromatic N) is 5. The number of hydrazine groups is 1. The maximum absolute atomic E-state index is 14.9. The number of aromatic nitrogens is 1. The molecule has 6 bridgehead atoms. The summed E-state index contributed by atoms with van der Waals surface area (Å²) >= 11 is 0. The Labute approximate surface area is 458 Å². The van der Waals surface area contributed by atoms with E-state index >= 15 is 0 Å². The predicted molar refractivity (Wildman–Crippen MR) is 307 cm³/mol. The molecule has 1 aromatic heterocycles. The number of likely N-dealkylation sites (N-methyl/N-ethyl adjacent to an activating group) is 1. The molecule has 0 radical (unpaired) electrons. The monoisotopic (exact) mass is 1080 g/mol. The number of amides is 4. The number of hydrogen-bond donors (Lipinski definition) is 2. The minimum absolute atomic E-state index is 0. The number of carbonyl (C=O) groups excluding carboxylic acids is 6. The zero-order valence-electron chi connectivity index (χ0n) is 43.7. The molecule has 2 fully saturated rings. The van der Waals surface area contributed by atoms with E-state index in [9.17, 15) is 28.8 Å². The SMILES string of the molecule is C=CC(=O)N1CC[C@H](C(=O)N(C)[C@H](C(=O)N[C@H]2Cc3cc(OC(C)=O)cc(c3)-c3ccc4c(c3)c(c(-c3ccccc3CN(C)C)n4CC)CC(C)(C)COC(=O)[C@@H]3CCCN(N3)C2=O)C(C)C)C1.S.S.S.S. The molecular weight excluding hydrogens is 1000 g/mol. The summed E-state index contributed by atoms with van der Waals surface area (Å²) in [5.74, 6) is -3.14. The lowest BCUT2D eigenvalue weighted by molar-refractivity contribution is -0.155. The number of hydrogen-bond acceptors (Lipinski definition) is 10. The molecule has 2 N–H and O–H groups in total. The minimum atomic E-state index is -1.19. The number of carbonyl (C=O) groups is 6. The van der Waals surface area contributed by atoms with Crippen LogP contribution in [0.25, 0.3) is 33.3 Å². The summed E-state index contributed by atoms with van der Waals surface area (Å²) in [6.45, 7) is 17.4. The Morgan fingerprint density at radius 3 is 2.33 bits per heavy atom. The van der Waals surface area contributed by atoms with Gasteiger partial charge in [-0.05, 0) is 111 Å². The highest BCUT2D eigenvalue weighted by molar-refractivity contribution is 7.59. The van der Waals surface area contributed by atoms with Crippen molar-refractivity contribution < 1.29 is 38.2 Å². The second kappa shape index (κ2) is 26.5. The van der Waals surface area contributed by atoms with E-state index in [-0.39, 0.29) is 104 Å². The van der Waals surface area contributed by atoms with Crippen LogP contribution in [-0.2, 0) is 59.4 Å². The van der Waals surface area contributed by atoms with Crippen LogP contribution in [0.2, 0.25) is 0 Å². The Morgan fingerprint density at radius 2 is 1.67 bits per heavy atom. The zero-order valence-corrected chi connectivity index (χ0v) is 47.7. The van der Waals surface area contributed by atoms with Gasteiger partial charge in [0.1, 0.15) is 23.9 Å². The highest BCUT2D eigenvalue weighted by atomic mass is 32.1. The van der Waals surface area contributed by atoms with Crippen molar-refractivity contribution in [2.24, 2.45) is 17.3 Å². The van der Waals surface area contributed by atoms with Crippen LogP contribution in [0, 0.1) is 17.3 Å². The average Bonchev–Trinajstić information content (AvgIpc) is 3.92. The number of ether oxygens (including phenoxy) is 2. The quantitative estimate of drug-likeness (QED) is 0.0952. The van der Waals surface area contributed by atoms with E-state index in [2.05, 4.69) is 104 Å². The molecular formula is C54H77N7O8S4. The number of benzene rings is 3. The highest BCUT2D eigenvalue weighted by Crippen LogP contribution is 2.42. The van der Waals surface area contributed by atoms with Gasteiger partial charge in [-0.25, -0.2) is 5.43 Å². The molecule has 15 nitrogen and oxygen atoms in total. The Balaban J connectivity index is 0.00000352. The van der Waals surface area contributed by atoms with Crippen molar-refractivity contribution in [1.29, 1.82) is 0 Å². The van der Waals surface area contributed by atoms with Gasteiger partial charge in [-0.3, -0.25) is 33.8 Å². The second-order valence-electron chi connectivity index (χ2n) is 20.3. The van der Waals surface area contributed by atoms with Gasteiger partial charge in [0, 0.05) is 75.0 Å². The van der Waals surface area contributed by atoms with Crippen LogP contribution in [0.15, 0.2) is 73.3 Å². The zero-order chi connectivity index (χ0) is 49.9. The summed E-state index contributed by atoms with van der Waals surface area (Å²) in [4.78, 5) is 87.6. The average molecular weight is 1080 g/mol. The summed E-state index contributed by atoms with van der Waals surface area (Å²) in [7, 11) is 5.70. The summed E-state index contributed by atoms with van der Waals surface area (Å²) < 4.78 is 14.3. The van der Waals surface area contributed by atoms with Crippen LogP contribution in [0.1, 0.15) is 77.5 Å². The number of aryl methyl sites for hydroxylation is 1. The second-order valence-corrected chi connectivity index (χ2v) is 20.3. The van der Waals surface area contributed by atoms with Crippen LogP contribution < -0.4 is 15.5 Å². The lowest BCUT2D eigenvalue weighted by atomic mass is 9.84. The highest BCUT2D eigenvalue weighted by Gasteiger charge is 2.40. The summed E-state index contributed by atoms with van der Waals surface area (Å²) in [5, 5.41) is 5.44. The van der Waals surface area contributed by atoms with Crippen molar-refractivity contribution in [3.8, 4) is 28.1 Å². The van der Waals surface area contributed by atoms with Gasteiger partial charge in [0.15, 0.2) is 0 Å². The molecule has 0 spiro atoms. The Bertz CT molecular complexity index is 2660. The fourth-order valence-electron chi connectivity index (χ4n) is 10.4. The molecule has 73 heavy (non-hydrogen) atoms. The number of fused-ring (bicyclic) bond motifs is 6. The first-order chi connectivity index (χ1) is 32.8. The van der Waals surface area contributed by atoms with Gasteiger partial charge in [0.2, 0.25) is 17.7 Å². The topological polar surface area (TPSA) is 163 Å². The van der Waals surface area contributed by atoms with E-state index in [1.54, 1.807) is 18.0 Å². The van der Waals surface area contributed by atoms with E-state index in [0.29, 0.717) is 44.3 Å². The van der Waals surface area contributed by atoms with Crippen LogP contribution in [0.3, 0.4) is 0 Å². The fourth-order valence-corrected chi connectivity index (χ4v) is 10.4. The van der Waals surface area contributed by atoms with Gasteiger partial charge in [-0.2, -0.15) is 54.0 Å². The first-order valence-electron chi connectivity index (χ1n) is 24.2. The van der Waals surface area contributed by atoms with Crippen LogP contribution in [0.5, 0.6) is 5.75 Å². The lowest BCUT2D eigenvalue weighted by Gasteiger charge is -2.37. The van der Waals surface area contributed by atoms with Crippen LogP contribution >= 0.6 is 54.0 Å². The number of rotatable bonds is 11. The van der Waals surface area contributed by atoms with Gasteiger partial charge in [-0.1, -0.05) is 70.7 Å². The van der Waals surface area contributed by atoms with Gasteiger partial charge < -0.3 is 34.1 Å². The molecule has 2 saturated heterocycles. The Morgan fingerprint density at radius 1 is 0.959 bits per heavy atom. The third kappa shape index (κ3) is 14.3. The maximum atomic E-state index is 14.9. The third-order valence-electron chi connectivity index (χ3n) is 13.5. The first kappa shape index (κ1) is 62.4. The molecule has 3 aliphatic rings. The van der Waals surface area contributed by atoms with Crippen molar-refractivity contribution in [2.45, 2.75) is 105 Å². The summed E-state index contributed by atoms with van der Waals surface area (Å²) in [6.07, 6.45) is 3.17. The predicted octanol–water partition coefficient (Wildman–Crippen LogP) is 6.60. The number of likely N-dealkylation sites (tertiary alicyclic amines) is 1. The van der Waals surface area contributed by atoms with E-state index < -0.39 is 53.2 Å². The van der Waals surface area contributed by atoms with E-state index in [4.69, 9.17) is 9.47 Å². The van der Waals surface area contributed by atoms with Crippen molar-refractivity contribution in [2.75, 3.05) is 47.4 Å². The van der Waals surface area contributed by atoms with Crippen molar-refractivity contribution in [3.63, 3.8) is 0 Å². The molecule has 4 aromatic rings. The third-order valence-corrected chi connectivity index (χ3v) is 13.5. The Kier molecular flexibility index (Phi) is 22.7. The number of esters is 2.